The molecule has 0 aliphatic rings. The average molecular weight is 281 g/mol. The molecular formula is C13H11N7O. The summed E-state index contributed by atoms with van der Waals surface area (Å²) in [6.45, 7) is 1.77. The van der Waals surface area contributed by atoms with Crippen LogP contribution in [-0.2, 0) is 0 Å². The Labute approximate surface area is 120 Å². The molecule has 0 saturated carbocycles. The second-order valence-corrected chi connectivity index (χ2v) is 3.98. The van der Waals surface area contributed by atoms with Gasteiger partial charge in [0.2, 0.25) is 0 Å². The normalized spacial score (nSPS) is 9.33. The van der Waals surface area contributed by atoms with Crippen LogP contribution in [-0.4, -0.2) is 27.3 Å². The molecule has 1 N–H and O–H groups in total. The minimum absolute atomic E-state index is 0.0297. The number of rotatable bonds is 4. The number of aryl methyl sites for hydroxylation is 1. The fourth-order valence-corrected chi connectivity index (χ4v) is 1.62. The van der Waals surface area contributed by atoms with E-state index in [9.17, 15) is 0 Å². The molecule has 0 bridgehead atoms. The van der Waals surface area contributed by atoms with Crippen molar-refractivity contribution in [1.82, 2.24) is 20.2 Å². The van der Waals surface area contributed by atoms with Crippen LogP contribution in [0, 0.1) is 29.6 Å². The zero-order chi connectivity index (χ0) is 15.2. The van der Waals surface area contributed by atoms with Crippen molar-refractivity contribution >= 4 is 5.69 Å². The summed E-state index contributed by atoms with van der Waals surface area (Å²) < 4.78 is 6.77. The van der Waals surface area contributed by atoms with E-state index in [0.717, 1.165) is 0 Å². The van der Waals surface area contributed by atoms with Crippen molar-refractivity contribution in [3.63, 3.8) is 0 Å². The van der Waals surface area contributed by atoms with Crippen molar-refractivity contribution in [3.05, 3.63) is 35.8 Å². The van der Waals surface area contributed by atoms with Gasteiger partial charge in [0.05, 0.1) is 12.8 Å². The monoisotopic (exact) mass is 281 g/mol. The summed E-state index contributed by atoms with van der Waals surface area (Å²) in [4.78, 5) is 0. The van der Waals surface area contributed by atoms with Crippen LogP contribution in [0.5, 0.6) is 5.75 Å². The predicted octanol–water partition coefficient (Wildman–Crippen LogP) is 1.32. The van der Waals surface area contributed by atoms with Crippen LogP contribution in [0.1, 0.15) is 5.82 Å². The molecule has 0 atom stereocenters. The number of allylic oxidation sites excluding steroid dienone is 1. The second kappa shape index (κ2) is 6.17. The molecule has 0 radical (unpaired) electrons. The van der Waals surface area contributed by atoms with Gasteiger partial charge >= 0.3 is 0 Å². The van der Waals surface area contributed by atoms with E-state index >= 15 is 0 Å². The number of nitrogens with zero attached hydrogens (tertiary/aromatic N) is 6. The van der Waals surface area contributed by atoms with Gasteiger partial charge in [-0.05, 0) is 23.4 Å². The molecule has 0 spiro atoms. The van der Waals surface area contributed by atoms with Crippen LogP contribution in [0.4, 0.5) is 5.69 Å². The molecule has 2 aromatic rings. The third-order valence-corrected chi connectivity index (χ3v) is 2.62. The number of hydrogen-bond donors (Lipinski definition) is 1. The molecule has 8 nitrogen and oxygen atoms in total. The Bertz CT molecular complexity index is 748. The van der Waals surface area contributed by atoms with Gasteiger partial charge in [0.1, 0.15) is 23.5 Å². The molecule has 0 unspecified atom stereocenters. The molecule has 1 aromatic heterocycles. The highest BCUT2D eigenvalue weighted by Crippen LogP contribution is 2.23. The average Bonchev–Trinajstić information content (AvgIpc) is 2.94. The van der Waals surface area contributed by atoms with Gasteiger partial charge in [0.15, 0.2) is 5.82 Å². The molecule has 104 valence electrons. The van der Waals surface area contributed by atoms with E-state index in [4.69, 9.17) is 15.3 Å². The summed E-state index contributed by atoms with van der Waals surface area (Å²) in [6.07, 6.45) is 1.32. The first kappa shape index (κ1) is 14.0. The summed E-state index contributed by atoms with van der Waals surface area (Å²) in [6, 6.07) is 8.81. The van der Waals surface area contributed by atoms with Gasteiger partial charge in [-0.1, -0.05) is 0 Å². The Morgan fingerprint density at radius 3 is 2.67 bits per heavy atom. The second-order valence-electron chi connectivity index (χ2n) is 3.98. The first-order chi connectivity index (χ1) is 10.2. The maximum absolute atomic E-state index is 8.71. The van der Waals surface area contributed by atoms with E-state index in [1.54, 1.807) is 49.1 Å². The molecule has 2 rings (SSSR count). The fourth-order valence-electron chi connectivity index (χ4n) is 1.62. The van der Waals surface area contributed by atoms with Gasteiger partial charge in [0.25, 0.3) is 0 Å². The van der Waals surface area contributed by atoms with E-state index in [2.05, 4.69) is 20.8 Å². The molecular weight excluding hydrogens is 270 g/mol. The minimum atomic E-state index is -0.0297. The summed E-state index contributed by atoms with van der Waals surface area (Å²) in [5, 5.41) is 31.6. The van der Waals surface area contributed by atoms with Crippen molar-refractivity contribution in [3.8, 4) is 23.6 Å². The summed E-state index contributed by atoms with van der Waals surface area (Å²) >= 11 is 0. The van der Waals surface area contributed by atoms with Crippen LogP contribution in [0.25, 0.3) is 5.69 Å². The van der Waals surface area contributed by atoms with E-state index < -0.39 is 0 Å². The van der Waals surface area contributed by atoms with Crippen LogP contribution in [0.3, 0.4) is 0 Å². The van der Waals surface area contributed by atoms with Gasteiger partial charge in [-0.15, -0.1) is 5.10 Å². The molecule has 0 aliphatic heterocycles. The zero-order valence-corrected chi connectivity index (χ0v) is 11.4. The lowest BCUT2D eigenvalue weighted by Gasteiger charge is -2.09. The van der Waals surface area contributed by atoms with Crippen molar-refractivity contribution in [2.24, 2.45) is 0 Å². The first-order valence-electron chi connectivity index (χ1n) is 5.89. The topological polar surface area (TPSA) is 112 Å². The van der Waals surface area contributed by atoms with E-state index in [1.165, 1.54) is 6.20 Å². The standard InChI is InChI=1S/C13H11N7O/c1-9-17-18-19-20(9)12-3-11(4-13(5-12)21-2)16-8-10(6-14)7-15/h3-5,8,16H,1-2H3. The van der Waals surface area contributed by atoms with Crippen LogP contribution in [0.2, 0.25) is 0 Å². The SMILES string of the molecule is COc1cc(NC=C(C#N)C#N)cc(-n2nnnc2C)c1. The number of ether oxygens (including phenoxy) is 1. The quantitative estimate of drug-likeness (QED) is 0.841. The largest absolute Gasteiger partial charge is 0.497 e. The van der Waals surface area contributed by atoms with Crippen molar-refractivity contribution < 1.29 is 4.74 Å². The number of nitriles is 2. The van der Waals surface area contributed by atoms with E-state index in [1.807, 2.05) is 0 Å². The lowest BCUT2D eigenvalue weighted by atomic mass is 10.2. The molecule has 0 fully saturated rings. The lowest BCUT2D eigenvalue weighted by Crippen LogP contribution is -2.01. The first-order valence-corrected chi connectivity index (χ1v) is 5.89. The van der Waals surface area contributed by atoms with Gasteiger partial charge < -0.3 is 10.1 Å². The Morgan fingerprint density at radius 2 is 2.10 bits per heavy atom. The summed E-state index contributed by atoms with van der Waals surface area (Å²) in [7, 11) is 1.54. The Kier molecular flexibility index (Phi) is 4.12. The van der Waals surface area contributed by atoms with E-state index in [-0.39, 0.29) is 5.57 Å². The zero-order valence-electron chi connectivity index (χ0n) is 11.4. The Balaban J connectivity index is 2.40. The number of benzene rings is 1. The Hall–Kier alpha value is -3.39. The Morgan fingerprint density at radius 1 is 1.33 bits per heavy atom. The third kappa shape index (κ3) is 3.14. The lowest BCUT2D eigenvalue weighted by molar-refractivity contribution is 0.414. The molecule has 8 heteroatoms. The molecule has 0 saturated heterocycles. The van der Waals surface area contributed by atoms with Crippen molar-refractivity contribution in [1.29, 1.82) is 10.5 Å². The van der Waals surface area contributed by atoms with Crippen molar-refractivity contribution in [2.45, 2.75) is 6.92 Å². The van der Waals surface area contributed by atoms with Crippen LogP contribution >= 0.6 is 0 Å². The number of anilines is 1. The highest BCUT2D eigenvalue weighted by molar-refractivity contribution is 5.58. The highest BCUT2D eigenvalue weighted by Gasteiger charge is 2.07. The number of hydrogen-bond acceptors (Lipinski definition) is 7. The highest BCUT2D eigenvalue weighted by atomic mass is 16.5. The number of methoxy groups -OCH3 is 1. The molecule has 0 aliphatic carbocycles. The van der Waals surface area contributed by atoms with E-state index in [0.29, 0.717) is 22.9 Å². The number of aromatic nitrogens is 4. The predicted molar refractivity (Wildman–Crippen MR) is 73.4 cm³/mol. The fraction of sp³-hybridized carbons (Fsp3) is 0.154. The number of nitrogens with one attached hydrogen (secondary N) is 1. The minimum Gasteiger partial charge on any atom is -0.497 e. The maximum Gasteiger partial charge on any atom is 0.153 e. The maximum atomic E-state index is 8.71. The van der Waals surface area contributed by atoms with Gasteiger partial charge in [-0.2, -0.15) is 15.2 Å². The molecule has 0 amide bonds. The molecule has 1 aromatic carbocycles. The number of tetrazole rings is 1. The summed E-state index contributed by atoms with van der Waals surface area (Å²) in [5.74, 6) is 1.22. The van der Waals surface area contributed by atoms with Gasteiger partial charge in [-0.25, -0.2) is 0 Å². The summed E-state index contributed by atoms with van der Waals surface area (Å²) in [5.41, 5.74) is 1.31. The van der Waals surface area contributed by atoms with Crippen molar-refractivity contribution in [2.75, 3.05) is 12.4 Å². The molecule has 1 heterocycles. The van der Waals surface area contributed by atoms with Crippen LogP contribution in [0.15, 0.2) is 30.0 Å². The molecule has 21 heavy (non-hydrogen) atoms. The van der Waals surface area contributed by atoms with Gasteiger partial charge in [0, 0.05) is 24.0 Å². The third-order valence-electron chi connectivity index (χ3n) is 2.62. The van der Waals surface area contributed by atoms with Gasteiger partial charge in [-0.3, -0.25) is 0 Å². The van der Waals surface area contributed by atoms with Crippen LogP contribution < -0.4 is 10.1 Å². The smallest absolute Gasteiger partial charge is 0.153 e.